The van der Waals surface area contributed by atoms with Gasteiger partial charge < -0.3 is 5.73 Å². The highest BCUT2D eigenvalue weighted by Crippen LogP contribution is 2.20. The number of sulfonamides is 1. The number of carbonyl (C=O) groups is 1. The van der Waals surface area contributed by atoms with Crippen LogP contribution in [0.3, 0.4) is 0 Å². The highest BCUT2D eigenvalue weighted by molar-refractivity contribution is 8.10. The first kappa shape index (κ1) is 11.9. The SMILES string of the molecule is CCS(=O)(=O)C(=O)C1=C(N)C=NS1(=O)=O. The Labute approximate surface area is 86.7 Å². The van der Waals surface area contributed by atoms with Crippen LogP contribution in [0.5, 0.6) is 0 Å². The Morgan fingerprint density at radius 2 is 2.07 bits per heavy atom. The summed E-state index contributed by atoms with van der Waals surface area (Å²) in [7, 11) is -8.35. The van der Waals surface area contributed by atoms with Crippen molar-refractivity contribution in [2.24, 2.45) is 10.1 Å². The minimum atomic E-state index is -4.23. The van der Waals surface area contributed by atoms with Crippen LogP contribution >= 0.6 is 0 Å². The third-order valence-electron chi connectivity index (χ3n) is 1.70. The molecule has 1 aliphatic heterocycles. The summed E-state index contributed by atoms with van der Waals surface area (Å²) in [6.07, 6.45) is 0.744. The summed E-state index contributed by atoms with van der Waals surface area (Å²) >= 11 is 0. The molecular weight excluding hydrogens is 244 g/mol. The molecule has 0 unspecified atom stereocenters. The summed E-state index contributed by atoms with van der Waals surface area (Å²) in [5, 5.41) is -1.50. The molecule has 0 fully saturated rings. The van der Waals surface area contributed by atoms with E-state index in [2.05, 4.69) is 4.40 Å². The summed E-state index contributed by atoms with van der Waals surface area (Å²) in [4.78, 5) is 10.4. The average molecular weight is 252 g/mol. The Bertz CT molecular complexity index is 567. The average Bonchev–Trinajstić information content (AvgIpc) is 2.40. The van der Waals surface area contributed by atoms with Crippen LogP contribution in [0, 0.1) is 0 Å². The second-order valence-electron chi connectivity index (χ2n) is 2.68. The van der Waals surface area contributed by atoms with Gasteiger partial charge in [0.05, 0.1) is 17.7 Å². The highest BCUT2D eigenvalue weighted by Gasteiger charge is 2.37. The minimum absolute atomic E-state index is 0.447. The second kappa shape index (κ2) is 3.42. The van der Waals surface area contributed by atoms with Crippen molar-refractivity contribution in [3.63, 3.8) is 0 Å². The molecule has 0 saturated heterocycles. The number of carbonyl (C=O) groups excluding carboxylic acids is 1. The van der Waals surface area contributed by atoms with Crippen LogP contribution in [0.15, 0.2) is 15.0 Å². The van der Waals surface area contributed by atoms with Crippen molar-refractivity contribution < 1.29 is 21.6 Å². The lowest BCUT2D eigenvalue weighted by Crippen LogP contribution is -2.23. The first-order valence-electron chi connectivity index (χ1n) is 3.79. The molecule has 1 rings (SSSR count). The largest absolute Gasteiger partial charge is 0.396 e. The Balaban J connectivity index is 3.36. The predicted octanol–water partition coefficient (Wildman–Crippen LogP) is -1.47. The lowest BCUT2D eigenvalue weighted by molar-refractivity contribution is -0.108. The molecule has 0 amide bonds. The lowest BCUT2D eigenvalue weighted by atomic mass is 10.4. The van der Waals surface area contributed by atoms with Gasteiger partial charge in [-0.3, -0.25) is 4.79 Å². The van der Waals surface area contributed by atoms with E-state index in [1.54, 1.807) is 0 Å². The number of hydrogen-bond donors (Lipinski definition) is 1. The van der Waals surface area contributed by atoms with Crippen LogP contribution in [0.1, 0.15) is 6.92 Å². The minimum Gasteiger partial charge on any atom is -0.396 e. The van der Waals surface area contributed by atoms with E-state index in [0.29, 0.717) is 0 Å². The van der Waals surface area contributed by atoms with Gasteiger partial charge in [0.25, 0.3) is 15.1 Å². The van der Waals surface area contributed by atoms with Gasteiger partial charge in [-0.05, 0) is 0 Å². The molecule has 9 heteroatoms. The molecule has 0 aromatic rings. The lowest BCUT2D eigenvalue weighted by Gasteiger charge is -2.00. The van der Waals surface area contributed by atoms with E-state index >= 15 is 0 Å². The molecule has 84 valence electrons. The van der Waals surface area contributed by atoms with Crippen molar-refractivity contribution in [1.82, 2.24) is 0 Å². The standard InChI is InChI=1S/C6H8N2O5S2/c1-2-14(10,11)6(9)5-4(7)3-8-15(5,12)13/h3H,2,7H2,1H3. The zero-order valence-electron chi connectivity index (χ0n) is 7.67. The van der Waals surface area contributed by atoms with Crippen LogP contribution in [0.4, 0.5) is 0 Å². The summed E-state index contributed by atoms with van der Waals surface area (Å²) in [6, 6.07) is 0. The van der Waals surface area contributed by atoms with Crippen molar-refractivity contribution in [3.05, 3.63) is 10.6 Å². The maximum Gasteiger partial charge on any atom is 0.292 e. The number of nitrogens with zero attached hydrogens (tertiary/aromatic N) is 1. The maximum atomic E-state index is 11.3. The molecule has 0 aliphatic carbocycles. The highest BCUT2D eigenvalue weighted by atomic mass is 32.2. The van der Waals surface area contributed by atoms with Gasteiger partial charge in [0.1, 0.15) is 0 Å². The van der Waals surface area contributed by atoms with Crippen molar-refractivity contribution in [2.75, 3.05) is 5.75 Å². The fraction of sp³-hybridized carbons (Fsp3) is 0.333. The molecule has 0 spiro atoms. The van der Waals surface area contributed by atoms with Crippen LogP contribution < -0.4 is 5.73 Å². The van der Waals surface area contributed by atoms with Gasteiger partial charge in [-0.1, -0.05) is 6.92 Å². The predicted molar refractivity (Wildman–Crippen MR) is 53.1 cm³/mol. The van der Waals surface area contributed by atoms with Crippen LogP contribution in [0.25, 0.3) is 0 Å². The maximum absolute atomic E-state index is 11.3. The van der Waals surface area contributed by atoms with Gasteiger partial charge in [0.15, 0.2) is 4.91 Å². The molecule has 0 aromatic carbocycles. The summed E-state index contributed by atoms with van der Waals surface area (Å²) < 4.78 is 47.6. The third-order valence-corrected chi connectivity index (χ3v) is 4.68. The first-order valence-corrected chi connectivity index (χ1v) is 6.89. The Hall–Kier alpha value is -1.22. The van der Waals surface area contributed by atoms with Crippen molar-refractivity contribution in [3.8, 4) is 0 Å². The monoisotopic (exact) mass is 252 g/mol. The molecule has 0 saturated carbocycles. The molecule has 1 heterocycles. The molecule has 0 bridgehead atoms. The first-order chi connectivity index (χ1) is 6.72. The number of hydrogen-bond acceptors (Lipinski definition) is 6. The summed E-state index contributed by atoms with van der Waals surface area (Å²) in [5.41, 5.74) is 4.73. The van der Waals surface area contributed by atoms with Crippen LogP contribution in [-0.2, 0) is 24.7 Å². The van der Waals surface area contributed by atoms with E-state index in [1.165, 1.54) is 6.92 Å². The van der Waals surface area contributed by atoms with E-state index in [9.17, 15) is 21.6 Å². The van der Waals surface area contributed by atoms with Gasteiger partial charge in [-0.15, -0.1) is 0 Å². The zero-order valence-corrected chi connectivity index (χ0v) is 9.30. The van der Waals surface area contributed by atoms with E-state index in [1.807, 2.05) is 0 Å². The molecule has 1 aliphatic rings. The van der Waals surface area contributed by atoms with Gasteiger partial charge in [-0.25, -0.2) is 8.42 Å². The normalized spacial score (nSPS) is 19.5. The Kier molecular flexibility index (Phi) is 2.70. The fourth-order valence-electron chi connectivity index (χ4n) is 0.882. The number of rotatable bonds is 2. The van der Waals surface area contributed by atoms with E-state index in [0.717, 1.165) is 6.21 Å². The van der Waals surface area contributed by atoms with E-state index < -0.39 is 41.3 Å². The van der Waals surface area contributed by atoms with Gasteiger partial charge in [-0.2, -0.15) is 12.8 Å². The van der Waals surface area contributed by atoms with E-state index in [4.69, 9.17) is 5.73 Å². The molecule has 0 aromatic heterocycles. The molecule has 7 nitrogen and oxygen atoms in total. The topological polar surface area (TPSA) is 124 Å². The number of allylic oxidation sites excluding steroid dienone is 1. The molecule has 15 heavy (non-hydrogen) atoms. The third kappa shape index (κ3) is 1.92. The smallest absolute Gasteiger partial charge is 0.292 e. The molecule has 0 radical (unpaired) electrons. The summed E-state index contributed by atoms with van der Waals surface area (Å²) in [5.74, 6) is -0.488. The van der Waals surface area contributed by atoms with Crippen molar-refractivity contribution in [2.45, 2.75) is 6.92 Å². The number of nitrogens with two attached hydrogens (primary N) is 1. The van der Waals surface area contributed by atoms with Crippen LogP contribution in [0.2, 0.25) is 0 Å². The van der Waals surface area contributed by atoms with E-state index in [-0.39, 0.29) is 0 Å². The molecule has 0 atom stereocenters. The van der Waals surface area contributed by atoms with Gasteiger partial charge in [0.2, 0.25) is 9.84 Å². The fourth-order valence-corrected chi connectivity index (χ4v) is 3.16. The van der Waals surface area contributed by atoms with Gasteiger partial charge in [0, 0.05) is 0 Å². The van der Waals surface area contributed by atoms with Crippen LogP contribution in [-0.4, -0.2) is 33.9 Å². The molecule has 2 N–H and O–H groups in total. The Morgan fingerprint density at radius 3 is 2.40 bits per heavy atom. The number of sulfone groups is 1. The van der Waals surface area contributed by atoms with Gasteiger partial charge >= 0.3 is 0 Å². The zero-order chi connectivity index (χ0) is 11.9. The van der Waals surface area contributed by atoms with Crippen molar-refractivity contribution >= 4 is 31.2 Å². The van der Waals surface area contributed by atoms with Crippen molar-refractivity contribution in [1.29, 1.82) is 0 Å². The summed E-state index contributed by atoms with van der Waals surface area (Å²) in [6.45, 7) is 1.23. The quantitative estimate of drug-likeness (QED) is 0.640. The second-order valence-corrected chi connectivity index (χ2v) is 6.43. The Morgan fingerprint density at radius 1 is 1.53 bits per heavy atom. The molecular formula is C6H8N2O5S2.